The lowest BCUT2D eigenvalue weighted by Gasteiger charge is -2.16. The predicted octanol–water partition coefficient (Wildman–Crippen LogP) is 2.63. The lowest BCUT2D eigenvalue weighted by atomic mass is 9.98. The maximum Gasteiger partial charge on any atom is 0.325 e. The molecule has 0 spiro atoms. The first-order chi connectivity index (χ1) is 9.81. The highest BCUT2D eigenvalue weighted by Gasteiger charge is 2.14. The number of aliphatic carboxylic acids is 1. The van der Waals surface area contributed by atoms with Crippen LogP contribution in [0.25, 0.3) is 0 Å². The van der Waals surface area contributed by atoms with Crippen LogP contribution in [0, 0.1) is 6.92 Å². The van der Waals surface area contributed by atoms with Gasteiger partial charge in [0.25, 0.3) is 0 Å². The first kappa shape index (κ1) is 16.7. The summed E-state index contributed by atoms with van der Waals surface area (Å²) in [5, 5.41) is 13.3. The normalized spacial score (nSPS) is 10.3. The molecular formula is C15H20N2O4. The summed E-state index contributed by atoms with van der Waals surface area (Å²) in [7, 11) is 0. The lowest BCUT2D eigenvalue weighted by molar-refractivity contribution is -0.138. The van der Waals surface area contributed by atoms with Gasteiger partial charge in [-0.05, 0) is 24.0 Å². The zero-order valence-electron chi connectivity index (χ0n) is 12.4. The van der Waals surface area contributed by atoms with Crippen LogP contribution in [0.2, 0.25) is 0 Å². The molecule has 0 atom stereocenters. The molecule has 0 heterocycles. The van der Waals surface area contributed by atoms with Crippen LogP contribution in [-0.4, -0.2) is 23.0 Å². The molecule has 21 heavy (non-hydrogen) atoms. The van der Waals surface area contributed by atoms with Gasteiger partial charge in [-0.25, -0.2) is 4.79 Å². The van der Waals surface area contributed by atoms with Crippen molar-refractivity contribution in [3.8, 4) is 0 Å². The van der Waals surface area contributed by atoms with Crippen LogP contribution in [0.3, 0.4) is 0 Å². The summed E-state index contributed by atoms with van der Waals surface area (Å²) >= 11 is 0. The highest BCUT2D eigenvalue weighted by atomic mass is 16.4. The molecule has 0 saturated heterocycles. The zero-order chi connectivity index (χ0) is 16.0. The zero-order valence-corrected chi connectivity index (χ0v) is 12.4. The molecule has 1 rings (SSSR count). The highest BCUT2D eigenvalue weighted by molar-refractivity contribution is 6.02. The maximum absolute atomic E-state index is 11.8. The number of rotatable bonds is 5. The van der Waals surface area contributed by atoms with E-state index < -0.39 is 17.9 Å². The average molecular weight is 292 g/mol. The topological polar surface area (TPSA) is 95.5 Å². The molecular weight excluding hydrogens is 272 g/mol. The smallest absolute Gasteiger partial charge is 0.325 e. The molecule has 0 aliphatic carbocycles. The Morgan fingerprint density at radius 2 is 1.86 bits per heavy atom. The van der Waals surface area contributed by atoms with Gasteiger partial charge in [0.15, 0.2) is 0 Å². The second-order valence-electron chi connectivity index (χ2n) is 5.09. The Balaban J connectivity index is 2.71. The third-order valence-electron chi connectivity index (χ3n) is 2.98. The van der Waals surface area contributed by atoms with Gasteiger partial charge in [-0.3, -0.25) is 14.9 Å². The van der Waals surface area contributed by atoms with Crippen molar-refractivity contribution in [2.45, 2.75) is 39.5 Å². The number of carboxylic acid groups (broad SMARTS) is 1. The number of carboxylic acids is 1. The molecule has 0 aliphatic rings. The van der Waals surface area contributed by atoms with E-state index in [2.05, 4.69) is 10.6 Å². The molecule has 0 aromatic heterocycles. The lowest BCUT2D eigenvalue weighted by Crippen LogP contribution is -2.35. The largest absolute Gasteiger partial charge is 0.481 e. The van der Waals surface area contributed by atoms with Crippen molar-refractivity contribution in [3.63, 3.8) is 0 Å². The Labute approximate surface area is 123 Å². The van der Waals surface area contributed by atoms with Gasteiger partial charge < -0.3 is 10.4 Å². The Hall–Kier alpha value is -2.37. The molecule has 6 heteroatoms. The Morgan fingerprint density at radius 1 is 1.19 bits per heavy atom. The minimum atomic E-state index is -1.08. The number of para-hydroxylation sites is 1. The van der Waals surface area contributed by atoms with E-state index in [9.17, 15) is 14.4 Å². The van der Waals surface area contributed by atoms with E-state index in [0.717, 1.165) is 11.1 Å². The third-order valence-corrected chi connectivity index (χ3v) is 2.98. The first-order valence-corrected chi connectivity index (χ1v) is 6.73. The van der Waals surface area contributed by atoms with Crippen molar-refractivity contribution in [1.82, 2.24) is 5.32 Å². The molecule has 114 valence electrons. The number of benzene rings is 1. The molecule has 1 aromatic rings. The summed E-state index contributed by atoms with van der Waals surface area (Å²) in [6.07, 6.45) is -0.533. The van der Waals surface area contributed by atoms with E-state index in [-0.39, 0.29) is 18.8 Å². The third kappa shape index (κ3) is 5.25. The van der Waals surface area contributed by atoms with Gasteiger partial charge >= 0.3 is 12.0 Å². The average Bonchev–Trinajstić information content (AvgIpc) is 2.38. The summed E-state index contributed by atoms with van der Waals surface area (Å²) in [5.74, 6) is -1.47. The minimum absolute atomic E-state index is 0.225. The number of carbonyl (C=O) groups is 3. The molecule has 0 bridgehead atoms. The number of urea groups is 1. The predicted molar refractivity (Wildman–Crippen MR) is 79.3 cm³/mol. The number of anilines is 1. The fraction of sp³-hybridized carbons (Fsp3) is 0.400. The van der Waals surface area contributed by atoms with Crippen LogP contribution in [0.15, 0.2) is 18.2 Å². The SMILES string of the molecule is Cc1cccc(C(C)C)c1NC(=O)NC(=O)CCC(=O)O. The number of carbonyl (C=O) groups excluding carboxylic acids is 2. The number of imide groups is 1. The molecule has 0 saturated carbocycles. The molecule has 0 fully saturated rings. The Bertz CT molecular complexity index is 553. The number of hydrogen-bond acceptors (Lipinski definition) is 3. The van der Waals surface area contributed by atoms with Crippen molar-refractivity contribution in [2.75, 3.05) is 5.32 Å². The van der Waals surface area contributed by atoms with E-state index in [1.165, 1.54) is 0 Å². The van der Waals surface area contributed by atoms with Crippen molar-refractivity contribution in [3.05, 3.63) is 29.3 Å². The van der Waals surface area contributed by atoms with Crippen molar-refractivity contribution >= 4 is 23.6 Å². The van der Waals surface area contributed by atoms with Gasteiger partial charge in [-0.15, -0.1) is 0 Å². The van der Waals surface area contributed by atoms with Crippen molar-refractivity contribution < 1.29 is 19.5 Å². The van der Waals surface area contributed by atoms with Crippen LogP contribution in [0.1, 0.15) is 43.7 Å². The summed E-state index contributed by atoms with van der Waals surface area (Å²) in [5.41, 5.74) is 2.55. The van der Waals surface area contributed by atoms with Crippen LogP contribution in [-0.2, 0) is 9.59 Å². The summed E-state index contributed by atoms with van der Waals surface area (Å²) in [6.45, 7) is 5.89. The van der Waals surface area contributed by atoms with Gasteiger partial charge in [-0.1, -0.05) is 32.0 Å². The molecule has 0 unspecified atom stereocenters. The summed E-state index contributed by atoms with van der Waals surface area (Å²) in [4.78, 5) is 33.6. The van der Waals surface area contributed by atoms with Crippen LogP contribution in [0.5, 0.6) is 0 Å². The fourth-order valence-corrected chi connectivity index (χ4v) is 1.90. The Morgan fingerprint density at radius 3 is 2.43 bits per heavy atom. The quantitative estimate of drug-likeness (QED) is 0.777. The maximum atomic E-state index is 11.8. The minimum Gasteiger partial charge on any atom is -0.481 e. The van der Waals surface area contributed by atoms with Gasteiger partial charge in [0.05, 0.1) is 6.42 Å². The molecule has 0 radical (unpaired) electrons. The van der Waals surface area contributed by atoms with Gasteiger partial charge in [-0.2, -0.15) is 0 Å². The van der Waals surface area contributed by atoms with E-state index in [0.29, 0.717) is 5.69 Å². The standard InChI is InChI=1S/C15H20N2O4/c1-9(2)11-6-4-5-10(3)14(11)17-15(21)16-12(18)7-8-13(19)20/h4-6,9H,7-8H2,1-3H3,(H,19,20)(H2,16,17,18,21). The van der Waals surface area contributed by atoms with E-state index >= 15 is 0 Å². The second-order valence-corrected chi connectivity index (χ2v) is 5.09. The monoisotopic (exact) mass is 292 g/mol. The number of aryl methyl sites for hydroxylation is 1. The first-order valence-electron chi connectivity index (χ1n) is 6.73. The van der Waals surface area contributed by atoms with E-state index in [1.807, 2.05) is 39.0 Å². The number of hydrogen-bond donors (Lipinski definition) is 3. The van der Waals surface area contributed by atoms with Gasteiger partial charge in [0.1, 0.15) is 0 Å². The van der Waals surface area contributed by atoms with Gasteiger partial charge in [0, 0.05) is 12.1 Å². The highest BCUT2D eigenvalue weighted by Crippen LogP contribution is 2.27. The Kier molecular flexibility index (Phi) is 5.90. The molecule has 3 amide bonds. The van der Waals surface area contributed by atoms with Crippen LogP contribution < -0.4 is 10.6 Å². The van der Waals surface area contributed by atoms with Gasteiger partial charge in [0.2, 0.25) is 5.91 Å². The number of nitrogens with one attached hydrogen (secondary N) is 2. The molecule has 1 aromatic carbocycles. The second kappa shape index (κ2) is 7.42. The summed E-state index contributed by atoms with van der Waals surface area (Å²) in [6, 6.07) is 5.04. The molecule has 6 nitrogen and oxygen atoms in total. The summed E-state index contributed by atoms with van der Waals surface area (Å²) < 4.78 is 0. The van der Waals surface area contributed by atoms with Crippen LogP contribution >= 0.6 is 0 Å². The van der Waals surface area contributed by atoms with Crippen molar-refractivity contribution in [1.29, 1.82) is 0 Å². The van der Waals surface area contributed by atoms with E-state index in [1.54, 1.807) is 0 Å². The van der Waals surface area contributed by atoms with E-state index in [4.69, 9.17) is 5.11 Å². The van der Waals surface area contributed by atoms with Crippen LogP contribution in [0.4, 0.5) is 10.5 Å². The number of amides is 3. The van der Waals surface area contributed by atoms with Crippen molar-refractivity contribution in [2.24, 2.45) is 0 Å². The fourth-order valence-electron chi connectivity index (χ4n) is 1.90. The molecule has 3 N–H and O–H groups in total. The molecule has 0 aliphatic heterocycles.